The highest BCUT2D eigenvalue weighted by Crippen LogP contribution is 2.29. The molecule has 162 valence electrons. The van der Waals surface area contributed by atoms with Crippen LogP contribution in [0.15, 0.2) is 36.4 Å². The van der Waals surface area contributed by atoms with Crippen LogP contribution in [0.5, 0.6) is 17.2 Å². The predicted octanol–water partition coefficient (Wildman–Crippen LogP) is -0.226. The van der Waals surface area contributed by atoms with Crippen molar-refractivity contribution in [1.29, 1.82) is 0 Å². The van der Waals surface area contributed by atoms with E-state index in [0.29, 0.717) is 36.0 Å². The van der Waals surface area contributed by atoms with Crippen molar-refractivity contribution in [2.45, 2.75) is 6.54 Å². The highest BCUT2D eigenvalue weighted by Gasteiger charge is 2.26. The van der Waals surface area contributed by atoms with Gasteiger partial charge in [0, 0.05) is 11.8 Å². The van der Waals surface area contributed by atoms with Crippen molar-refractivity contribution < 1.29 is 33.2 Å². The molecular formula is C22H30FN3O4+2. The maximum Gasteiger partial charge on any atom is 0.279 e. The van der Waals surface area contributed by atoms with Crippen LogP contribution >= 0.6 is 0 Å². The van der Waals surface area contributed by atoms with E-state index >= 15 is 0 Å². The van der Waals surface area contributed by atoms with E-state index in [9.17, 15) is 9.18 Å². The number of carbonyl (C=O) groups is 1. The van der Waals surface area contributed by atoms with Gasteiger partial charge in [0.05, 0.1) is 26.9 Å². The van der Waals surface area contributed by atoms with Crippen molar-refractivity contribution in [2.75, 3.05) is 59.4 Å². The molecule has 0 aromatic heterocycles. The number of anilines is 1. The summed E-state index contributed by atoms with van der Waals surface area (Å²) in [7, 11) is 4.74. The molecule has 2 aromatic rings. The second-order valence-electron chi connectivity index (χ2n) is 7.43. The summed E-state index contributed by atoms with van der Waals surface area (Å²) in [5, 5.41) is 2.93. The number of ether oxygens (including phenoxy) is 3. The maximum atomic E-state index is 13.6. The number of carbonyl (C=O) groups excluding carboxylic acids is 1. The Morgan fingerprint density at radius 3 is 2.20 bits per heavy atom. The minimum atomic E-state index is -0.249. The average molecular weight is 419 g/mol. The Kier molecular flexibility index (Phi) is 7.48. The van der Waals surface area contributed by atoms with Gasteiger partial charge in [-0.05, 0) is 30.3 Å². The zero-order chi connectivity index (χ0) is 21.5. The van der Waals surface area contributed by atoms with Crippen molar-refractivity contribution >= 4 is 11.6 Å². The molecule has 0 spiro atoms. The second-order valence-corrected chi connectivity index (χ2v) is 7.43. The van der Waals surface area contributed by atoms with Gasteiger partial charge in [-0.25, -0.2) is 4.39 Å². The topological polar surface area (TPSA) is 65.7 Å². The molecule has 1 fully saturated rings. The van der Waals surface area contributed by atoms with E-state index in [1.807, 2.05) is 0 Å². The maximum absolute atomic E-state index is 13.6. The molecule has 0 aliphatic carbocycles. The fourth-order valence-corrected chi connectivity index (χ4v) is 3.81. The molecule has 0 radical (unpaired) electrons. The summed E-state index contributed by atoms with van der Waals surface area (Å²) >= 11 is 0. The molecule has 1 saturated heterocycles. The number of benzene rings is 2. The number of rotatable bonds is 8. The third-order valence-electron chi connectivity index (χ3n) is 5.42. The average Bonchev–Trinajstić information content (AvgIpc) is 2.75. The number of nitrogens with one attached hydrogen (secondary N) is 3. The minimum absolute atomic E-state index is 0.0348. The number of amides is 1. The van der Waals surface area contributed by atoms with E-state index in [1.165, 1.54) is 15.9 Å². The normalized spacial score (nSPS) is 18.5. The first-order valence-electron chi connectivity index (χ1n) is 10.0. The van der Waals surface area contributed by atoms with E-state index in [0.717, 1.165) is 31.7 Å². The molecule has 7 nitrogen and oxygen atoms in total. The lowest BCUT2D eigenvalue weighted by Crippen LogP contribution is -3.28. The van der Waals surface area contributed by atoms with Crippen molar-refractivity contribution in [2.24, 2.45) is 0 Å². The molecule has 30 heavy (non-hydrogen) atoms. The van der Waals surface area contributed by atoms with Gasteiger partial charge in [0.15, 0.2) is 18.0 Å². The highest BCUT2D eigenvalue weighted by molar-refractivity contribution is 5.91. The van der Waals surface area contributed by atoms with Crippen LogP contribution in [0.1, 0.15) is 5.56 Å². The van der Waals surface area contributed by atoms with Gasteiger partial charge in [0.2, 0.25) is 0 Å². The summed E-state index contributed by atoms with van der Waals surface area (Å²) in [6, 6.07) is 9.94. The standard InChI is InChI=1S/C22H28FN3O4/c1-28-19-6-4-17(23)12-16(19)14-25-8-10-26(11-9-25)15-22(27)24-18-5-7-20(29-2)21(13-18)30-3/h4-7,12-13H,8-11,14-15H2,1-3H3,(H,24,27)/p+2. The Balaban J connectivity index is 1.49. The Hall–Kier alpha value is -2.84. The van der Waals surface area contributed by atoms with Gasteiger partial charge in [-0.2, -0.15) is 0 Å². The number of piperazine rings is 1. The fraction of sp³-hybridized carbons (Fsp3) is 0.409. The smallest absolute Gasteiger partial charge is 0.279 e. The Labute approximate surface area is 176 Å². The number of halogens is 1. The zero-order valence-electron chi connectivity index (χ0n) is 17.7. The van der Waals surface area contributed by atoms with E-state index in [4.69, 9.17) is 14.2 Å². The predicted molar refractivity (Wildman–Crippen MR) is 111 cm³/mol. The zero-order valence-corrected chi connectivity index (χ0v) is 17.7. The Morgan fingerprint density at radius 1 is 0.900 bits per heavy atom. The van der Waals surface area contributed by atoms with Gasteiger partial charge < -0.3 is 29.3 Å². The van der Waals surface area contributed by atoms with Gasteiger partial charge in [0.1, 0.15) is 44.3 Å². The van der Waals surface area contributed by atoms with Crippen LogP contribution in [0.2, 0.25) is 0 Å². The van der Waals surface area contributed by atoms with Crippen LogP contribution in [-0.4, -0.2) is 60.0 Å². The fourth-order valence-electron chi connectivity index (χ4n) is 3.81. The summed E-state index contributed by atoms with van der Waals surface area (Å²) in [4.78, 5) is 15.1. The molecule has 1 aliphatic heterocycles. The van der Waals surface area contributed by atoms with E-state index in [-0.39, 0.29) is 11.7 Å². The summed E-state index contributed by atoms with van der Waals surface area (Å²) in [6.07, 6.45) is 0. The number of methoxy groups -OCH3 is 3. The minimum Gasteiger partial charge on any atom is -0.496 e. The molecule has 8 heteroatoms. The molecular weight excluding hydrogens is 389 g/mol. The molecule has 1 heterocycles. The molecule has 1 aliphatic rings. The summed E-state index contributed by atoms with van der Waals surface area (Å²) in [5.41, 5.74) is 1.56. The van der Waals surface area contributed by atoms with Crippen molar-refractivity contribution in [3.8, 4) is 17.2 Å². The Bertz CT molecular complexity index is 869. The van der Waals surface area contributed by atoms with Crippen LogP contribution in [0.4, 0.5) is 10.1 Å². The number of hydrogen-bond acceptors (Lipinski definition) is 4. The van der Waals surface area contributed by atoms with Crippen LogP contribution in [0.3, 0.4) is 0 Å². The lowest BCUT2D eigenvalue weighted by atomic mass is 10.1. The first-order valence-corrected chi connectivity index (χ1v) is 10.0. The largest absolute Gasteiger partial charge is 0.496 e. The molecule has 1 amide bonds. The van der Waals surface area contributed by atoms with Gasteiger partial charge >= 0.3 is 0 Å². The quantitative estimate of drug-likeness (QED) is 0.553. The molecule has 3 N–H and O–H groups in total. The molecule has 0 unspecified atom stereocenters. The van der Waals surface area contributed by atoms with Crippen LogP contribution < -0.4 is 29.3 Å². The van der Waals surface area contributed by atoms with Crippen molar-refractivity contribution in [1.82, 2.24) is 0 Å². The second kappa shape index (κ2) is 10.3. The van der Waals surface area contributed by atoms with Crippen molar-refractivity contribution in [3.05, 3.63) is 47.8 Å². The SMILES string of the molecule is COc1ccc(F)cc1C[NH+]1CC[NH+](CC(=O)Nc2ccc(OC)c(OC)c2)CC1. The molecule has 0 saturated carbocycles. The van der Waals surface area contributed by atoms with E-state index in [1.54, 1.807) is 51.7 Å². The number of hydrogen-bond donors (Lipinski definition) is 3. The highest BCUT2D eigenvalue weighted by atomic mass is 19.1. The molecule has 3 rings (SSSR count). The lowest BCUT2D eigenvalue weighted by molar-refractivity contribution is -1.02. The van der Waals surface area contributed by atoms with Crippen molar-refractivity contribution in [3.63, 3.8) is 0 Å². The molecule has 0 atom stereocenters. The van der Waals surface area contributed by atoms with Gasteiger partial charge in [-0.15, -0.1) is 0 Å². The van der Waals surface area contributed by atoms with Crippen LogP contribution in [0.25, 0.3) is 0 Å². The summed E-state index contributed by atoms with van der Waals surface area (Å²) in [5.74, 6) is 1.63. The summed E-state index contributed by atoms with van der Waals surface area (Å²) in [6.45, 7) is 4.72. The van der Waals surface area contributed by atoms with Gasteiger partial charge in [-0.3, -0.25) is 4.79 Å². The van der Waals surface area contributed by atoms with Gasteiger partial charge in [0.25, 0.3) is 5.91 Å². The lowest BCUT2D eigenvalue weighted by Gasteiger charge is -2.29. The van der Waals surface area contributed by atoms with E-state index < -0.39 is 0 Å². The van der Waals surface area contributed by atoms with Crippen LogP contribution in [0, 0.1) is 5.82 Å². The monoisotopic (exact) mass is 419 g/mol. The molecule has 0 bridgehead atoms. The summed E-state index contributed by atoms with van der Waals surface area (Å²) < 4.78 is 29.4. The Morgan fingerprint density at radius 2 is 1.53 bits per heavy atom. The third kappa shape index (κ3) is 5.61. The number of quaternary nitrogens is 2. The first-order chi connectivity index (χ1) is 14.5. The van der Waals surface area contributed by atoms with Gasteiger partial charge in [-0.1, -0.05) is 0 Å². The third-order valence-corrected chi connectivity index (χ3v) is 5.42. The molecule has 2 aromatic carbocycles. The first kappa shape index (κ1) is 21.9. The van der Waals surface area contributed by atoms with Crippen LogP contribution in [-0.2, 0) is 11.3 Å². The van der Waals surface area contributed by atoms with E-state index in [2.05, 4.69) is 5.32 Å².